The molecule has 0 heterocycles. The van der Waals surface area contributed by atoms with Gasteiger partial charge in [-0.15, -0.1) is 0 Å². The van der Waals surface area contributed by atoms with Gasteiger partial charge in [-0.1, -0.05) is 29.8 Å². The van der Waals surface area contributed by atoms with Crippen molar-refractivity contribution in [1.29, 1.82) is 0 Å². The fourth-order valence-corrected chi connectivity index (χ4v) is 2.92. The molecule has 0 aromatic heterocycles. The van der Waals surface area contributed by atoms with Crippen LogP contribution in [-0.4, -0.2) is 39.3 Å². The van der Waals surface area contributed by atoms with Crippen LogP contribution in [-0.2, 0) is 14.8 Å². The Morgan fingerprint density at radius 3 is 2.46 bits per heavy atom. The molecule has 2 rings (SSSR count). The number of sulfonamides is 1. The largest absolute Gasteiger partial charge is 0.484 e. The summed E-state index contributed by atoms with van der Waals surface area (Å²) in [7, 11) is -0.762. The van der Waals surface area contributed by atoms with Gasteiger partial charge in [-0.3, -0.25) is 4.79 Å². The number of halogens is 1. The van der Waals surface area contributed by atoms with Crippen molar-refractivity contribution in [2.45, 2.75) is 4.90 Å². The Balaban J connectivity index is 2.10. The Labute approximate surface area is 146 Å². The second-order valence-corrected chi connectivity index (χ2v) is 7.64. The summed E-state index contributed by atoms with van der Waals surface area (Å²) in [5, 5.41) is 2.79. The molecular weight excluding hydrogens is 352 g/mol. The number of nitrogens with one attached hydrogen (secondary N) is 1. The summed E-state index contributed by atoms with van der Waals surface area (Å²) in [6.45, 7) is -0.217. The van der Waals surface area contributed by atoms with Gasteiger partial charge in [-0.2, -0.15) is 0 Å². The maximum Gasteiger partial charge on any atom is 0.262 e. The van der Waals surface area contributed by atoms with Crippen molar-refractivity contribution in [2.75, 3.05) is 26.0 Å². The lowest BCUT2D eigenvalue weighted by atomic mass is 10.3. The van der Waals surface area contributed by atoms with Crippen LogP contribution in [0, 0.1) is 0 Å². The average Bonchev–Trinajstić information content (AvgIpc) is 2.55. The highest BCUT2D eigenvalue weighted by atomic mass is 35.5. The van der Waals surface area contributed by atoms with Crippen LogP contribution in [0.4, 0.5) is 5.69 Å². The van der Waals surface area contributed by atoms with Crippen LogP contribution in [0.25, 0.3) is 0 Å². The Kier molecular flexibility index (Phi) is 5.82. The van der Waals surface area contributed by atoms with E-state index in [9.17, 15) is 13.2 Å². The molecule has 0 atom stereocenters. The first-order valence-corrected chi connectivity index (χ1v) is 8.82. The van der Waals surface area contributed by atoms with Crippen molar-refractivity contribution in [3.63, 3.8) is 0 Å². The van der Waals surface area contributed by atoms with Crippen LogP contribution in [0.5, 0.6) is 5.75 Å². The number of para-hydroxylation sites is 1. The molecule has 8 heteroatoms. The molecule has 0 bridgehead atoms. The highest BCUT2D eigenvalue weighted by molar-refractivity contribution is 7.89. The number of hydrogen-bond donors (Lipinski definition) is 1. The van der Waals surface area contributed by atoms with E-state index < -0.39 is 15.9 Å². The summed E-state index contributed by atoms with van der Waals surface area (Å²) in [5.41, 5.74) is 0.209. The van der Waals surface area contributed by atoms with E-state index in [0.717, 1.165) is 4.31 Å². The zero-order chi connectivity index (χ0) is 17.7. The van der Waals surface area contributed by atoms with E-state index in [0.29, 0.717) is 5.75 Å². The Morgan fingerprint density at radius 1 is 1.17 bits per heavy atom. The number of amides is 1. The minimum absolute atomic E-state index is 0.0381. The molecule has 0 unspecified atom stereocenters. The summed E-state index contributed by atoms with van der Waals surface area (Å²) in [4.78, 5) is 12.0. The fraction of sp³-hybridized carbons (Fsp3) is 0.188. The van der Waals surface area contributed by atoms with Crippen molar-refractivity contribution >= 4 is 33.2 Å². The molecule has 24 heavy (non-hydrogen) atoms. The van der Waals surface area contributed by atoms with Gasteiger partial charge in [-0.05, 0) is 30.3 Å². The Hall–Kier alpha value is -2.09. The van der Waals surface area contributed by atoms with Crippen LogP contribution in [0.15, 0.2) is 53.4 Å². The lowest BCUT2D eigenvalue weighted by Crippen LogP contribution is -2.23. The van der Waals surface area contributed by atoms with Gasteiger partial charge in [0.05, 0.1) is 15.6 Å². The predicted molar refractivity (Wildman–Crippen MR) is 92.9 cm³/mol. The molecule has 0 aliphatic rings. The number of rotatable bonds is 6. The van der Waals surface area contributed by atoms with E-state index in [1.807, 2.05) is 6.07 Å². The van der Waals surface area contributed by atoms with E-state index in [1.165, 1.54) is 32.3 Å². The highest BCUT2D eigenvalue weighted by Crippen LogP contribution is 2.26. The first kappa shape index (κ1) is 18.3. The zero-order valence-electron chi connectivity index (χ0n) is 13.2. The first-order valence-electron chi connectivity index (χ1n) is 7.00. The monoisotopic (exact) mass is 368 g/mol. The average molecular weight is 369 g/mol. The van der Waals surface area contributed by atoms with Gasteiger partial charge in [0, 0.05) is 14.1 Å². The smallest absolute Gasteiger partial charge is 0.262 e. The number of ether oxygens (including phenoxy) is 1. The van der Waals surface area contributed by atoms with Gasteiger partial charge in [0.1, 0.15) is 5.75 Å². The van der Waals surface area contributed by atoms with E-state index >= 15 is 0 Å². The van der Waals surface area contributed by atoms with E-state index in [2.05, 4.69) is 5.32 Å². The normalized spacial score (nSPS) is 11.3. The standard InChI is InChI=1S/C16H17ClN2O4S/c1-19(2)24(21,22)13-8-9-14(17)15(10-13)18-16(20)11-23-12-6-4-3-5-7-12/h3-10H,11H2,1-2H3,(H,18,20). The summed E-state index contributed by atoms with van der Waals surface area (Å²) in [5.74, 6) is 0.114. The SMILES string of the molecule is CN(C)S(=O)(=O)c1ccc(Cl)c(NC(=O)COc2ccccc2)c1. The van der Waals surface area contributed by atoms with Gasteiger partial charge in [0.15, 0.2) is 6.61 Å². The Morgan fingerprint density at radius 2 is 1.83 bits per heavy atom. The molecule has 0 saturated heterocycles. The lowest BCUT2D eigenvalue weighted by molar-refractivity contribution is -0.118. The van der Waals surface area contributed by atoms with Crippen LogP contribution in [0.1, 0.15) is 0 Å². The fourth-order valence-electron chi connectivity index (χ4n) is 1.82. The maximum atomic E-state index is 12.1. The highest BCUT2D eigenvalue weighted by Gasteiger charge is 2.19. The van der Waals surface area contributed by atoms with Crippen molar-refractivity contribution in [2.24, 2.45) is 0 Å². The van der Waals surface area contributed by atoms with E-state index in [-0.39, 0.29) is 22.2 Å². The van der Waals surface area contributed by atoms with E-state index in [1.54, 1.807) is 24.3 Å². The van der Waals surface area contributed by atoms with Gasteiger partial charge in [0.25, 0.3) is 5.91 Å². The number of hydrogen-bond acceptors (Lipinski definition) is 4. The third-order valence-electron chi connectivity index (χ3n) is 3.10. The summed E-state index contributed by atoms with van der Waals surface area (Å²) < 4.78 is 30.7. The molecule has 1 N–H and O–H groups in total. The van der Waals surface area contributed by atoms with E-state index in [4.69, 9.17) is 16.3 Å². The van der Waals surface area contributed by atoms with Crippen molar-refractivity contribution in [3.8, 4) is 5.75 Å². The predicted octanol–water partition coefficient (Wildman–Crippen LogP) is 2.61. The molecular formula is C16H17ClN2O4S. The number of benzene rings is 2. The minimum Gasteiger partial charge on any atom is -0.484 e. The third-order valence-corrected chi connectivity index (χ3v) is 5.24. The van der Waals surface area contributed by atoms with Crippen LogP contribution >= 0.6 is 11.6 Å². The number of anilines is 1. The minimum atomic E-state index is -3.62. The number of carbonyl (C=O) groups is 1. The second-order valence-electron chi connectivity index (χ2n) is 5.08. The molecule has 6 nitrogen and oxygen atoms in total. The van der Waals surface area contributed by atoms with Crippen LogP contribution in [0.3, 0.4) is 0 Å². The molecule has 0 aliphatic carbocycles. The molecule has 2 aromatic rings. The van der Waals surface area contributed by atoms with Crippen molar-refractivity contribution < 1.29 is 17.9 Å². The molecule has 0 fully saturated rings. The zero-order valence-corrected chi connectivity index (χ0v) is 14.8. The second kappa shape index (κ2) is 7.65. The van der Waals surface area contributed by atoms with Gasteiger partial charge in [-0.25, -0.2) is 12.7 Å². The van der Waals surface area contributed by atoms with Crippen LogP contribution in [0.2, 0.25) is 5.02 Å². The Bertz CT molecular complexity index is 823. The van der Waals surface area contributed by atoms with Gasteiger partial charge in [0.2, 0.25) is 10.0 Å². The molecule has 2 aromatic carbocycles. The first-order chi connectivity index (χ1) is 11.3. The van der Waals surface area contributed by atoms with Crippen molar-refractivity contribution in [1.82, 2.24) is 4.31 Å². The number of nitrogens with zero attached hydrogens (tertiary/aromatic N) is 1. The summed E-state index contributed by atoms with van der Waals surface area (Å²) in [6, 6.07) is 13.0. The van der Waals surface area contributed by atoms with Crippen LogP contribution < -0.4 is 10.1 Å². The topological polar surface area (TPSA) is 75.7 Å². The molecule has 1 amide bonds. The lowest BCUT2D eigenvalue weighted by Gasteiger charge is -2.14. The summed E-state index contributed by atoms with van der Waals surface area (Å²) >= 11 is 6.02. The number of carbonyl (C=O) groups excluding carboxylic acids is 1. The maximum absolute atomic E-state index is 12.1. The third kappa shape index (κ3) is 4.47. The quantitative estimate of drug-likeness (QED) is 0.850. The van der Waals surface area contributed by atoms with Gasteiger partial charge >= 0.3 is 0 Å². The summed E-state index contributed by atoms with van der Waals surface area (Å²) in [6.07, 6.45) is 0. The molecule has 0 radical (unpaired) electrons. The molecule has 0 spiro atoms. The van der Waals surface area contributed by atoms with Crippen molar-refractivity contribution in [3.05, 3.63) is 53.6 Å². The molecule has 0 saturated carbocycles. The molecule has 0 aliphatic heterocycles. The van der Waals surface area contributed by atoms with Gasteiger partial charge < -0.3 is 10.1 Å². The molecule has 128 valence electrons.